The molecule has 0 spiro atoms. The first kappa shape index (κ1) is 12.8. The topological polar surface area (TPSA) is 64.7 Å². The van der Waals surface area contributed by atoms with Gasteiger partial charge in [0.25, 0.3) is 5.69 Å². The quantitative estimate of drug-likeness (QED) is 0.479. The molecule has 0 aliphatic rings. The Hall–Kier alpha value is -2.69. The molecule has 2 rings (SSSR count). The van der Waals surface area contributed by atoms with Crippen molar-refractivity contribution in [1.82, 2.24) is 0 Å². The van der Waals surface area contributed by atoms with E-state index in [1.165, 1.54) is 13.2 Å². The summed E-state index contributed by atoms with van der Waals surface area (Å²) in [4.78, 5) is 15.1. The highest BCUT2D eigenvalue weighted by atomic mass is 16.6. The number of hydrogen-bond acceptors (Lipinski definition) is 4. The Labute approximate surface area is 110 Å². The molecule has 0 aromatic heterocycles. The minimum absolute atomic E-state index is 0.0657. The molecule has 0 heterocycles. The normalized spacial score (nSPS) is 10.6. The smallest absolute Gasteiger partial charge is 0.270 e. The molecule has 19 heavy (non-hydrogen) atoms. The van der Waals surface area contributed by atoms with Gasteiger partial charge in [-0.2, -0.15) is 0 Å². The minimum Gasteiger partial charge on any atom is -0.399 e. The van der Waals surface area contributed by atoms with E-state index in [1.807, 2.05) is 30.3 Å². The summed E-state index contributed by atoms with van der Waals surface area (Å²) in [5.41, 5.74) is 2.54. The molecular formula is C14H12N2O3. The standard InChI is InChI=1S/C14H12N2O3/c1-19-15-10-12-5-2-3-8-14(12)11-6-4-7-13(9-11)16(17)18/h2-10H,1H3/b15-10+. The van der Waals surface area contributed by atoms with Crippen molar-refractivity contribution in [3.05, 3.63) is 64.2 Å². The molecule has 0 saturated carbocycles. The predicted octanol–water partition coefficient (Wildman–Crippen LogP) is 3.24. The van der Waals surface area contributed by atoms with Gasteiger partial charge in [0.1, 0.15) is 7.11 Å². The van der Waals surface area contributed by atoms with Gasteiger partial charge < -0.3 is 4.84 Å². The molecule has 0 bridgehead atoms. The van der Waals surface area contributed by atoms with Crippen LogP contribution in [0.2, 0.25) is 0 Å². The summed E-state index contributed by atoms with van der Waals surface area (Å²) in [5.74, 6) is 0. The Kier molecular flexibility index (Phi) is 3.87. The van der Waals surface area contributed by atoms with Gasteiger partial charge in [0.2, 0.25) is 0 Å². The summed E-state index contributed by atoms with van der Waals surface area (Å²) in [5, 5.41) is 14.5. The van der Waals surface area contributed by atoms with Crippen molar-refractivity contribution in [3.8, 4) is 11.1 Å². The molecular weight excluding hydrogens is 244 g/mol. The molecule has 0 fully saturated rings. The van der Waals surface area contributed by atoms with E-state index in [4.69, 9.17) is 0 Å². The number of non-ortho nitro benzene ring substituents is 1. The van der Waals surface area contributed by atoms with Crippen molar-refractivity contribution in [1.29, 1.82) is 0 Å². The SMILES string of the molecule is CO/N=C/c1ccccc1-c1cccc([N+](=O)[O-])c1. The molecule has 0 aliphatic carbocycles. The molecule has 96 valence electrons. The van der Waals surface area contributed by atoms with Crippen molar-refractivity contribution >= 4 is 11.9 Å². The monoisotopic (exact) mass is 256 g/mol. The maximum absolute atomic E-state index is 10.8. The third-order valence-electron chi connectivity index (χ3n) is 2.63. The third kappa shape index (κ3) is 2.95. The van der Waals surface area contributed by atoms with E-state index in [1.54, 1.807) is 18.3 Å². The third-order valence-corrected chi connectivity index (χ3v) is 2.63. The highest BCUT2D eigenvalue weighted by Gasteiger charge is 2.09. The van der Waals surface area contributed by atoms with Gasteiger partial charge in [0.15, 0.2) is 0 Å². The molecule has 0 radical (unpaired) electrons. The number of hydrogen-bond donors (Lipinski definition) is 0. The Morgan fingerprint density at radius 2 is 2.00 bits per heavy atom. The van der Waals surface area contributed by atoms with Crippen LogP contribution in [0.1, 0.15) is 5.56 Å². The van der Waals surface area contributed by atoms with Crippen LogP contribution in [0.4, 0.5) is 5.69 Å². The van der Waals surface area contributed by atoms with Gasteiger partial charge in [-0.15, -0.1) is 0 Å². The second-order valence-electron chi connectivity index (χ2n) is 3.81. The summed E-state index contributed by atoms with van der Waals surface area (Å²) < 4.78 is 0. The predicted molar refractivity (Wildman–Crippen MR) is 73.1 cm³/mol. The number of oxime groups is 1. The zero-order valence-corrected chi connectivity index (χ0v) is 10.3. The van der Waals surface area contributed by atoms with E-state index in [0.29, 0.717) is 0 Å². The summed E-state index contributed by atoms with van der Waals surface area (Å²) >= 11 is 0. The summed E-state index contributed by atoms with van der Waals surface area (Å²) in [7, 11) is 1.46. The number of nitrogens with zero attached hydrogens (tertiary/aromatic N) is 2. The first-order valence-electron chi connectivity index (χ1n) is 5.63. The Bertz CT molecular complexity index is 624. The minimum atomic E-state index is -0.407. The highest BCUT2D eigenvalue weighted by Crippen LogP contribution is 2.26. The molecule has 5 nitrogen and oxygen atoms in total. The van der Waals surface area contributed by atoms with Gasteiger partial charge in [-0.05, 0) is 11.1 Å². The maximum atomic E-state index is 10.8. The lowest BCUT2D eigenvalue weighted by Gasteiger charge is -2.05. The fraction of sp³-hybridized carbons (Fsp3) is 0.0714. The lowest BCUT2D eigenvalue weighted by molar-refractivity contribution is -0.384. The van der Waals surface area contributed by atoms with Crippen LogP contribution in [-0.4, -0.2) is 18.2 Å². The van der Waals surface area contributed by atoms with Crippen molar-refractivity contribution in [2.75, 3.05) is 7.11 Å². The molecule has 0 aliphatic heterocycles. The van der Waals surface area contributed by atoms with Crippen LogP contribution in [0.15, 0.2) is 53.7 Å². The number of nitro benzene ring substituents is 1. The second kappa shape index (κ2) is 5.77. The largest absolute Gasteiger partial charge is 0.399 e. The maximum Gasteiger partial charge on any atom is 0.270 e. The van der Waals surface area contributed by atoms with E-state index < -0.39 is 4.92 Å². The highest BCUT2D eigenvalue weighted by molar-refractivity contribution is 5.90. The molecule has 5 heteroatoms. The van der Waals surface area contributed by atoms with Gasteiger partial charge in [0, 0.05) is 17.7 Å². The van der Waals surface area contributed by atoms with E-state index in [9.17, 15) is 10.1 Å². The average molecular weight is 256 g/mol. The van der Waals surface area contributed by atoms with Gasteiger partial charge in [-0.1, -0.05) is 41.6 Å². The van der Waals surface area contributed by atoms with Gasteiger partial charge in [-0.3, -0.25) is 10.1 Å². The summed E-state index contributed by atoms with van der Waals surface area (Å²) in [6, 6.07) is 14.0. The van der Waals surface area contributed by atoms with Crippen molar-refractivity contribution < 1.29 is 9.76 Å². The van der Waals surface area contributed by atoms with Crippen LogP contribution in [-0.2, 0) is 4.84 Å². The van der Waals surface area contributed by atoms with Crippen molar-refractivity contribution in [3.63, 3.8) is 0 Å². The molecule has 0 unspecified atom stereocenters. The number of nitro groups is 1. The summed E-state index contributed by atoms with van der Waals surface area (Å²) in [6.45, 7) is 0. The van der Waals surface area contributed by atoms with Crippen LogP contribution < -0.4 is 0 Å². The van der Waals surface area contributed by atoms with Gasteiger partial charge in [-0.25, -0.2) is 0 Å². The van der Waals surface area contributed by atoms with Crippen LogP contribution >= 0.6 is 0 Å². The molecule has 0 saturated heterocycles. The first-order valence-corrected chi connectivity index (χ1v) is 5.63. The van der Waals surface area contributed by atoms with Crippen LogP contribution in [0.5, 0.6) is 0 Å². The number of benzene rings is 2. The Balaban J connectivity index is 2.49. The lowest BCUT2D eigenvalue weighted by atomic mass is 10.00. The van der Waals surface area contributed by atoms with E-state index in [-0.39, 0.29) is 5.69 Å². The van der Waals surface area contributed by atoms with Crippen LogP contribution in [0.25, 0.3) is 11.1 Å². The van der Waals surface area contributed by atoms with E-state index in [2.05, 4.69) is 9.99 Å². The van der Waals surface area contributed by atoms with E-state index >= 15 is 0 Å². The van der Waals surface area contributed by atoms with Crippen molar-refractivity contribution in [2.45, 2.75) is 0 Å². The number of rotatable bonds is 4. The fourth-order valence-electron chi connectivity index (χ4n) is 1.77. The van der Waals surface area contributed by atoms with Gasteiger partial charge >= 0.3 is 0 Å². The molecule has 2 aromatic carbocycles. The van der Waals surface area contributed by atoms with E-state index in [0.717, 1.165) is 16.7 Å². The van der Waals surface area contributed by atoms with Gasteiger partial charge in [0.05, 0.1) is 11.1 Å². The van der Waals surface area contributed by atoms with Crippen molar-refractivity contribution in [2.24, 2.45) is 5.16 Å². The lowest BCUT2D eigenvalue weighted by Crippen LogP contribution is -1.91. The Morgan fingerprint density at radius 1 is 1.21 bits per heavy atom. The molecule has 2 aromatic rings. The first-order chi connectivity index (χ1) is 9.22. The molecule has 0 atom stereocenters. The molecule has 0 amide bonds. The van der Waals surface area contributed by atoms with Crippen LogP contribution in [0.3, 0.4) is 0 Å². The zero-order chi connectivity index (χ0) is 13.7. The fourth-order valence-corrected chi connectivity index (χ4v) is 1.77. The summed E-state index contributed by atoms with van der Waals surface area (Å²) in [6.07, 6.45) is 1.58. The Morgan fingerprint density at radius 3 is 2.74 bits per heavy atom. The zero-order valence-electron chi connectivity index (χ0n) is 10.3. The molecule has 0 N–H and O–H groups in total. The van der Waals surface area contributed by atoms with Crippen LogP contribution in [0, 0.1) is 10.1 Å². The second-order valence-corrected chi connectivity index (χ2v) is 3.81. The average Bonchev–Trinajstić information content (AvgIpc) is 2.45.